The van der Waals surface area contributed by atoms with Gasteiger partial charge in [-0.25, -0.2) is 4.79 Å². The summed E-state index contributed by atoms with van der Waals surface area (Å²) in [6.45, 7) is 4.22. The fraction of sp³-hybridized carbons (Fsp3) is 0.467. The number of rotatable bonds is 2. The van der Waals surface area contributed by atoms with Crippen LogP contribution in [0.5, 0.6) is 0 Å². The number of amides is 1. The first-order valence-electron chi connectivity index (χ1n) is 6.83. The van der Waals surface area contributed by atoms with Crippen molar-refractivity contribution in [1.29, 1.82) is 0 Å². The molecule has 0 spiro atoms. The maximum Gasteiger partial charge on any atom is 0.326 e. The fourth-order valence-electron chi connectivity index (χ4n) is 2.94. The quantitative estimate of drug-likeness (QED) is 0.799. The van der Waals surface area contributed by atoms with Crippen molar-refractivity contribution in [1.82, 2.24) is 4.90 Å². The summed E-state index contributed by atoms with van der Waals surface area (Å²) in [5.41, 5.74) is 6.16. The van der Waals surface area contributed by atoms with E-state index in [1.165, 1.54) is 4.90 Å². The van der Waals surface area contributed by atoms with Gasteiger partial charge in [-0.3, -0.25) is 4.79 Å². The van der Waals surface area contributed by atoms with Gasteiger partial charge in [-0.15, -0.1) is 0 Å². The van der Waals surface area contributed by atoms with Crippen molar-refractivity contribution in [2.45, 2.75) is 32.7 Å². The number of nitrogens with zero attached hydrogens (tertiary/aromatic N) is 1. The minimum absolute atomic E-state index is 0.297. The maximum absolute atomic E-state index is 12.8. The monoisotopic (exact) mass is 354 g/mol. The molecule has 6 heteroatoms. The SMILES string of the molecule is CC1(C)CCCN(C(=O)c2cc(N)ccc2Br)C1C(=O)O. The smallest absolute Gasteiger partial charge is 0.326 e. The number of hydrogen-bond acceptors (Lipinski definition) is 3. The van der Waals surface area contributed by atoms with Crippen LogP contribution < -0.4 is 5.73 Å². The molecule has 1 fully saturated rings. The van der Waals surface area contributed by atoms with Gasteiger partial charge in [0.05, 0.1) is 5.56 Å². The second kappa shape index (κ2) is 5.67. The number of carboxylic acids is 1. The lowest BCUT2D eigenvalue weighted by molar-refractivity contribution is -0.148. The Balaban J connectivity index is 2.41. The highest BCUT2D eigenvalue weighted by Gasteiger charge is 2.44. The van der Waals surface area contributed by atoms with Crippen LogP contribution in [0, 0.1) is 5.41 Å². The molecular formula is C15H19BrN2O3. The molecule has 1 aromatic rings. The molecule has 3 N–H and O–H groups in total. The first-order valence-corrected chi connectivity index (χ1v) is 7.62. The summed E-state index contributed by atoms with van der Waals surface area (Å²) in [5, 5.41) is 9.53. The predicted molar refractivity (Wildman–Crippen MR) is 84.0 cm³/mol. The zero-order chi connectivity index (χ0) is 15.8. The van der Waals surface area contributed by atoms with Crippen LogP contribution in [0.25, 0.3) is 0 Å². The number of nitrogen functional groups attached to an aromatic ring is 1. The summed E-state index contributed by atoms with van der Waals surface area (Å²) in [6.07, 6.45) is 1.58. The molecule has 1 aliphatic rings. The standard InChI is InChI=1S/C15H19BrN2O3/c1-15(2)6-3-7-18(12(15)14(20)21)13(19)10-8-9(17)4-5-11(10)16/h4-5,8,12H,3,6-7,17H2,1-2H3,(H,20,21). The number of hydrogen-bond donors (Lipinski definition) is 2. The van der Waals surface area contributed by atoms with E-state index in [0.29, 0.717) is 22.3 Å². The molecule has 0 saturated carbocycles. The molecule has 2 rings (SSSR count). The minimum atomic E-state index is -0.965. The molecule has 1 amide bonds. The van der Waals surface area contributed by atoms with Crippen LogP contribution in [0.2, 0.25) is 0 Å². The number of piperidine rings is 1. The molecule has 1 unspecified atom stereocenters. The van der Waals surface area contributed by atoms with Crippen molar-refractivity contribution < 1.29 is 14.7 Å². The second-order valence-corrected chi connectivity index (χ2v) is 6.93. The summed E-state index contributed by atoms with van der Waals surface area (Å²) in [7, 11) is 0. The number of halogens is 1. The number of likely N-dealkylation sites (tertiary alicyclic amines) is 1. The number of carboxylic acid groups (broad SMARTS) is 1. The van der Waals surface area contributed by atoms with E-state index in [4.69, 9.17) is 5.73 Å². The van der Waals surface area contributed by atoms with E-state index in [2.05, 4.69) is 15.9 Å². The molecule has 1 saturated heterocycles. The average molecular weight is 355 g/mol. The van der Waals surface area contributed by atoms with Gasteiger partial charge in [0.25, 0.3) is 5.91 Å². The Morgan fingerprint density at radius 2 is 2.10 bits per heavy atom. The van der Waals surface area contributed by atoms with Gasteiger partial charge in [-0.05, 0) is 52.4 Å². The third-order valence-corrected chi connectivity index (χ3v) is 4.68. The van der Waals surface area contributed by atoms with Gasteiger partial charge >= 0.3 is 5.97 Å². The number of carbonyl (C=O) groups excluding carboxylic acids is 1. The second-order valence-electron chi connectivity index (χ2n) is 6.07. The van der Waals surface area contributed by atoms with E-state index in [0.717, 1.165) is 12.8 Å². The lowest BCUT2D eigenvalue weighted by Gasteiger charge is -2.44. The van der Waals surface area contributed by atoms with E-state index >= 15 is 0 Å². The zero-order valence-corrected chi connectivity index (χ0v) is 13.7. The highest BCUT2D eigenvalue weighted by atomic mass is 79.9. The molecule has 1 atom stereocenters. The van der Waals surface area contributed by atoms with Crippen LogP contribution in [0.1, 0.15) is 37.0 Å². The number of aliphatic carboxylic acids is 1. The van der Waals surface area contributed by atoms with Gasteiger partial charge in [0.1, 0.15) is 6.04 Å². The van der Waals surface area contributed by atoms with E-state index in [1.807, 2.05) is 13.8 Å². The average Bonchev–Trinajstić information content (AvgIpc) is 2.38. The Kier molecular flexibility index (Phi) is 4.27. The fourth-order valence-corrected chi connectivity index (χ4v) is 3.36. The van der Waals surface area contributed by atoms with Crippen molar-refractivity contribution in [3.05, 3.63) is 28.2 Å². The largest absolute Gasteiger partial charge is 0.480 e. The summed E-state index contributed by atoms with van der Waals surface area (Å²) in [4.78, 5) is 25.8. The third-order valence-electron chi connectivity index (χ3n) is 3.99. The molecule has 0 bridgehead atoms. The summed E-state index contributed by atoms with van der Waals surface area (Å²) < 4.78 is 0.620. The highest BCUT2D eigenvalue weighted by Crippen LogP contribution is 2.36. The van der Waals surface area contributed by atoms with Crippen molar-refractivity contribution in [2.75, 3.05) is 12.3 Å². The zero-order valence-electron chi connectivity index (χ0n) is 12.1. The summed E-state index contributed by atoms with van der Waals surface area (Å²) in [6, 6.07) is 4.14. The van der Waals surface area contributed by atoms with Gasteiger partial charge < -0.3 is 15.7 Å². The normalized spacial score (nSPS) is 21.1. The molecule has 1 aromatic carbocycles. The molecule has 0 aliphatic carbocycles. The van der Waals surface area contributed by atoms with Gasteiger partial charge in [0, 0.05) is 16.7 Å². The topological polar surface area (TPSA) is 83.6 Å². The Morgan fingerprint density at radius 3 is 2.71 bits per heavy atom. The molecule has 1 aliphatic heterocycles. The van der Waals surface area contributed by atoms with Crippen LogP contribution in [0.3, 0.4) is 0 Å². The minimum Gasteiger partial charge on any atom is -0.480 e. The number of nitrogens with two attached hydrogens (primary N) is 1. The van der Waals surface area contributed by atoms with Gasteiger partial charge in [-0.1, -0.05) is 13.8 Å². The molecular weight excluding hydrogens is 336 g/mol. The van der Waals surface area contributed by atoms with Crippen LogP contribution in [0.4, 0.5) is 5.69 Å². The number of anilines is 1. The Labute approximate surface area is 132 Å². The maximum atomic E-state index is 12.8. The van der Waals surface area contributed by atoms with Gasteiger partial charge in [-0.2, -0.15) is 0 Å². The Bertz CT molecular complexity index is 586. The van der Waals surface area contributed by atoms with E-state index in [1.54, 1.807) is 18.2 Å². The Hall–Kier alpha value is -1.56. The van der Waals surface area contributed by atoms with Gasteiger partial charge in [0.2, 0.25) is 0 Å². The molecule has 0 aromatic heterocycles. The third kappa shape index (κ3) is 3.05. The summed E-state index contributed by atoms with van der Waals surface area (Å²) >= 11 is 3.33. The van der Waals surface area contributed by atoms with Gasteiger partial charge in [0.15, 0.2) is 0 Å². The molecule has 5 nitrogen and oxygen atoms in total. The predicted octanol–water partition coefficient (Wildman–Crippen LogP) is 2.75. The first-order chi connectivity index (χ1) is 9.74. The van der Waals surface area contributed by atoms with Crippen LogP contribution in [0.15, 0.2) is 22.7 Å². The van der Waals surface area contributed by atoms with Crippen molar-refractivity contribution >= 4 is 33.5 Å². The van der Waals surface area contributed by atoms with Crippen molar-refractivity contribution in [2.24, 2.45) is 5.41 Å². The number of benzene rings is 1. The van der Waals surface area contributed by atoms with E-state index in [-0.39, 0.29) is 5.91 Å². The van der Waals surface area contributed by atoms with Crippen LogP contribution in [-0.2, 0) is 4.79 Å². The molecule has 21 heavy (non-hydrogen) atoms. The molecule has 1 heterocycles. The molecule has 0 radical (unpaired) electrons. The summed E-state index contributed by atoms with van der Waals surface area (Å²) in [5.74, 6) is -1.26. The van der Waals surface area contributed by atoms with Crippen molar-refractivity contribution in [3.63, 3.8) is 0 Å². The van der Waals surface area contributed by atoms with Crippen LogP contribution >= 0.6 is 15.9 Å². The first kappa shape index (κ1) is 15.8. The van der Waals surface area contributed by atoms with E-state index < -0.39 is 17.4 Å². The number of carbonyl (C=O) groups is 2. The molecule has 114 valence electrons. The van der Waals surface area contributed by atoms with E-state index in [9.17, 15) is 14.7 Å². The Morgan fingerprint density at radius 1 is 1.43 bits per heavy atom. The van der Waals surface area contributed by atoms with Crippen molar-refractivity contribution in [3.8, 4) is 0 Å². The van der Waals surface area contributed by atoms with Crippen LogP contribution in [-0.4, -0.2) is 34.5 Å². The lowest BCUT2D eigenvalue weighted by Crippen LogP contribution is -2.56. The lowest BCUT2D eigenvalue weighted by atomic mass is 9.76. The highest BCUT2D eigenvalue weighted by molar-refractivity contribution is 9.10.